The number of hydrogen-bond donors (Lipinski definition) is 1. The van der Waals surface area contributed by atoms with Crippen molar-refractivity contribution in [2.75, 3.05) is 24.5 Å². The van der Waals surface area contributed by atoms with Crippen molar-refractivity contribution in [1.29, 1.82) is 0 Å². The monoisotopic (exact) mass is 280 g/mol. The van der Waals surface area contributed by atoms with Crippen molar-refractivity contribution in [3.05, 3.63) is 29.3 Å². The van der Waals surface area contributed by atoms with Crippen LogP contribution in [0.15, 0.2) is 18.2 Å². The molecule has 1 amide bonds. The number of anilines is 1. The van der Waals surface area contributed by atoms with Crippen molar-refractivity contribution in [2.45, 2.75) is 26.2 Å². The first-order valence-corrected chi connectivity index (χ1v) is 6.82. The molecule has 0 spiro atoms. The van der Waals surface area contributed by atoms with Gasteiger partial charge in [0.1, 0.15) is 0 Å². The molecule has 0 saturated heterocycles. The molecule has 2 aliphatic rings. The Morgan fingerprint density at radius 1 is 1.42 bits per heavy atom. The average molecular weight is 281 g/mol. The lowest BCUT2D eigenvalue weighted by atomic mass is 9.96. The van der Waals surface area contributed by atoms with Crippen molar-refractivity contribution in [1.82, 2.24) is 5.32 Å². The highest BCUT2D eigenvalue weighted by atomic mass is 35.5. The van der Waals surface area contributed by atoms with Crippen molar-refractivity contribution in [3.8, 4) is 0 Å². The van der Waals surface area contributed by atoms with Crippen LogP contribution in [0.3, 0.4) is 0 Å². The van der Waals surface area contributed by atoms with Crippen molar-refractivity contribution in [3.63, 3.8) is 0 Å². The fourth-order valence-electron chi connectivity index (χ4n) is 3.12. The van der Waals surface area contributed by atoms with Crippen LogP contribution in [0.4, 0.5) is 5.69 Å². The maximum absolute atomic E-state index is 12.3. The van der Waals surface area contributed by atoms with Crippen molar-refractivity contribution < 1.29 is 4.79 Å². The minimum Gasteiger partial charge on any atom is -0.316 e. The molecule has 0 fully saturated rings. The molecule has 104 valence electrons. The third-order valence-electron chi connectivity index (χ3n) is 4.00. The average Bonchev–Trinajstić information content (AvgIpc) is 2.59. The predicted molar refractivity (Wildman–Crippen MR) is 80.2 cm³/mol. The molecular formula is C15H21ClN2O. The molecule has 1 aromatic carbocycles. The highest BCUT2D eigenvalue weighted by Gasteiger charge is 2.35. The smallest absolute Gasteiger partial charge is 0.229 e. The maximum Gasteiger partial charge on any atom is 0.229 e. The molecule has 0 aliphatic carbocycles. The van der Waals surface area contributed by atoms with Gasteiger partial charge in [-0.1, -0.05) is 26.0 Å². The summed E-state index contributed by atoms with van der Waals surface area (Å²) in [6, 6.07) is 6.40. The van der Waals surface area contributed by atoms with E-state index in [-0.39, 0.29) is 24.2 Å². The lowest BCUT2D eigenvalue weighted by Gasteiger charge is -2.20. The van der Waals surface area contributed by atoms with E-state index < -0.39 is 0 Å². The quantitative estimate of drug-likeness (QED) is 0.856. The number of carbonyl (C=O) groups excluding carboxylic acids is 1. The Balaban J connectivity index is 0.00000133. The third kappa shape index (κ3) is 2.37. The van der Waals surface area contributed by atoms with Gasteiger partial charge in [0.15, 0.2) is 0 Å². The van der Waals surface area contributed by atoms with Crippen LogP contribution in [0.1, 0.15) is 30.9 Å². The second-order valence-electron chi connectivity index (χ2n) is 5.60. The molecule has 3 rings (SSSR count). The third-order valence-corrected chi connectivity index (χ3v) is 4.00. The minimum atomic E-state index is 0. The summed E-state index contributed by atoms with van der Waals surface area (Å²) < 4.78 is 0. The summed E-state index contributed by atoms with van der Waals surface area (Å²) in [5.74, 6) is 0.786. The molecule has 1 unspecified atom stereocenters. The van der Waals surface area contributed by atoms with Crippen LogP contribution < -0.4 is 10.2 Å². The molecule has 0 bridgehead atoms. The predicted octanol–water partition coefficient (Wildman–Crippen LogP) is 2.34. The van der Waals surface area contributed by atoms with Crippen LogP contribution in [0.2, 0.25) is 0 Å². The van der Waals surface area contributed by atoms with Crippen LogP contribution in [0.5, 0.6) is 0 Å². The molecular weight excluding hydrogens is 260 g/mol. The number of hydrogen-bond acceptors (Lipinski definition) is 2. The first-order valence-electron chi connectivity index (χ1n) is 6.82. The molecule has 0 saturated carbocycles. The first kappa shape index (κ1) is 14.4. The van der Waals surface area contributed by atoms with Crippen LogP contribution in [-0.4, -0.2) is 25.5 Å². The summed E-state index contributed by atoms with van der Waals surface area (Å²) in [4.78, 5) is 14.3. The molecule has 1 N–H and O–H groups in total. The molecule has 0 radical (unpaired) electrons. The van der Waals surface area contributed by atoms with Gasteiger partial charge < -0.3 is 10.2 Å². The van der Waals surface area contributed by atoms with E-state index in [9.17, 15) is 4.79 Å². The van der Waals surface area contributed by atoms with Crippen LogP contribution >= 0.6 is 12.4 Å². The van der Waals surface area contributed by atoms with Gasteiger partial charge in [-0.3, -0.25) is 4.79 Å². The normalized spacial score (nSPS) is 20.8. The van der Waals surface area contributed by atoms with E-state index in [1.807, 2.05) is 18.7 Å². The summed E-state index contributed by atoms with van der Waals surface area (Å²) in [7, 11) is 0. The molecule has 2 aliphatic heterocycles. The lowest BCUT2D eigenvalue weighted by Crippen LogP contribution is -2.34. The SMILES string of the molecule is CC(C)C(=O)N1CC2CNCCc3cccc1c32.Cl. The number of benzene rings is 1. The number of nitrogens with zero attached hydrogens (tertiary/aromatic N) is 1. The number of nitrogens with one attached hydrogen (secondary N) is 1. The van der Waals surface area contributed by atoms with E-state index in [1.165, 1.54) is 11.1 Å². The van der Waals surface area contributed by atoms with Gasteiger partial charge in [-0.05, 0) is 30.2 Å². The Hall–Kier alpha value is -1.06. The van der Waals surface area contributed by atoms with Gasteiger partial charge in [-0.25, -0.2) is 0 Å². The summed E-state index contributed by atoms with van der Waals surface area (Å²) in [5, 5.41) is 3.48. The van der Waals surface area contributed by atoms with E-state index in [0.29, 0.717) is 5.92 Å². The maximum atomic E-state index is 12.3. The van der Waals surface area contributed by atoms with Gasteiger partial charge in [0.2, 0.25) is 5.91 Å². The van der Waals surface area contributed by atoms with E-state index in [1.54, 1.807) is 0 Å². The highest BCUT2D eigenvalue weighted by Crippen LogP contribution is 2.40. The van der Waals surface area contributed by atoms with E-state index in [2.05, 4.69) is 23.5 Å². The zero-order valence-electron chi connectivity index (χ0n) is 11.5. The second kappa shape index (κ2) is 5.51. The number of halogens is 1. The Bertz CT molecular complexity index is 487. The molecule has 3 nitrogen and oxygen atoms in total. The highest BCUT2D eigenvalue weighted by molar-refractivity contribution is 5.97. The molecule has 4 heteroatoms. The molecule has 1 atom stereocenters. The van der Waals surface area contributed by atoms with E-state index in [4.69, 9.17) is 0 Å². The lowest BCUT2D eigenvalue weighted by molar-refractivity contribution is -0.121. The van der Waals surface area contributed by atoms with Crippen LogP contribution in [0.25, 0.3) is 0 Å². The van der Waals surface area contributed by atoms with E-state index in [0.717, 1.165) is 31.7 Å². The van der Waals surface area contributed by atoms with Crippen LogP contribution in [0, 0.1) is 5.92 Å². The number of carbonyl (C=O) groups is 1. The molecule has 1 aromatic rings. The van der Waals surface area contributed by atoms with Crippen molar-refractivity contribution >= 4 is 24.0 Å². The van der Waals surface area contributed by atoms with Gasteiger partial charge in [0, 0.05) is 30.6 Å². The Morgan fingerprint density at radius 3 is 2.95 bits per heavy atom. The first-order chi connectivity index (χ1) is 8.68. The summed E-state index contributed by atoms with van der Waals surface area (Å²) >= 11 is 0. The summed E-state index contributed by atoms with van der Waals surface area (Å²) in [6.07, 6.45) is 1.07. The Kier molecular flexibility index (Phi) is 4.16. The largest absolute Gasteiger partial charge is 0.316 e. The standard InChI is InChI=1S/C15H20N2O.ClH/c1-10(2)15(18)17-9-12-8-16-7-6-11-4-3-5-13(17)14(11)12;/h3-5,10,12,16H,6-9H2,1-2H3;1H. The Morgan fingerprint density at radius 2 is 2.21 bits per heavy atom. The van der Waals surface area contributed by atoms with Gasteiger partial charge in [0.05, 0.1) is 0 Å². The molecule has 19 heavy (non-hydrogen) atoms. The molecule has 2 heterocycles. The zero-order valence-corrected chi connectivity index (χ0v) is 12.3. The van der Waals surface area contributed by atoms with Gasteiger partial charge >= 0.3 is 0 Å². The topological polar surface area (TPSA) is 32.3 Å². The fourth-order valence-corrected chi connectivity index (χ4v) is 3.12. The second-order valence-corrected chi connectivity index (χ2v) is 5.60. The summed E-state index contributed by atoms with van der Waals surface area (Å²) in [5.41, 5.74) is 3.98. The van der Waals surface area contributed by atoms with Gasteiger partial charge in [-0.15, -0.1) is 12.4 Å². The minimum absolute atomic E-state index is 0. The number of amides is 1. The van der Waals surface area contributed by atoms with Crippen molar-refractivity contribution in [2.24, 2.45) is 5.92 Å². The number of rotatable bonds is 1. The Labute approximate surface area is 120 Å². The van der Waals surface area contributed by atoms with Crippen LogP contribution in [-0.2, 0) is 11.2 Å². The fraction of sp³-hybridized carbons (Fsp3) is 0.533. The zero-order chi connectivity index (χ0) is 12.7. The summed E-state index contributed by atoms with van der Waals surface area (Å²) in [6.45, 7) is 6.83. The van der Waals surface area contributed by atoms with E-state index >= 15 is 0 Å². The van der Waals surface area contributed by atoms with Gasteiger partial charge in [-0.2, -0.15) is 0 Å². The van der Waals surface area contributed by atoms with Gasteiger partial charge in [0.25, 0.3) is 0 Å². The molecule has 0 aromatic heterocycles.